The van der Waals surface area contributed by atoms with Gasteiger partial charge in [-0.25, -0.2) is 0 Å². The average molecular weight is 316 g/mol. The normalized spacial score (nSPS) is 11.1. The standard InChI is InChI=1S/C18H24N2O3/c1-4-5-6-7-8-17-19-18(23-20-17)12-10-14-9-11-15(21-2)16(13-14)22-3/h9-13H,4-8H2,1-3H3/b12-10+. The summed E-state index contributed by atoms with van der Waals surface area (Å²) in [5.41, 5.74) is 0.977. The molecule has 0 N–H and O–H groups in total. The molecule has 124 valence electrons. The lowest BCUT2D eigenvalue weighted by Gasteiger charge is -2.07. The van der Waals surface area contributed by atoms with Gasteiger partial charge in [-0.2, -0.15) is 4.98 Å². The molecule has 0 aliphatic carbocycles. The first-order valence-electron chi connectivity index (χ1n) is 7.99. The molecule has 2 aromatic rings. The van der Waals surface area contributed by atoms with Gasteiger partial charge in [0.2, 0.25) is 0 Å². The van der Waals surface area contributed by atoms with E-state index in [4.69, 9.17) is 14.0 Å². The van der Waals surface area contributed by atoms with Gasteiger partial charge in [0.1, 0.15) is 0 Å². The number of hydrogen-bond donors (Lipinski definition) is 0. The monoisotopic (exact) mass is 316 g/mol. The highest BCUT2D eigenvalue weighted by molar-refractivity contribution is 5.67. The molecule has 0 aliphatic heterocycles. The van der Waals surface area contributed by atoms with Crippen molar-refractivity contribution < 1.29 is 14.0 Å². The van der Waals surface area contributed by atoms with Crippen molar-refractivity contribution in [2.24, 2.45) is 0 Å². The van der Waals surface area contributed by atoms with Crippen LogP contribution in [0.1, 0.15) is 49.9 Å². The molecule has 1 heterocycles. The quantitative estimate of drug-likeness (QED) is 0.643. The van der Waals surface area contributed by atoms with Crippen LogP contribution in [0.15, 0.2) is 22.7 Å². The van der Waals surface area contributed by atoms with Gasteiger partial charge in [0.05, 0.1) is 14.2 Å². The molecule has 1 aromatic heterocycles. The molecule has 0 saturated carbocycles. The van der Waals surface area contributed by atoms with Crippen molar-refractivity contribution in [1.29, 1.82) is 0 Å². The molecule has 0 fully saturated rings. The fourth-order valence-electron chi connectivity index (χ4n) is 2.27. The third-order valence-corrected chi connectivity index (χ3v) is 3.56. The molecule has 0 aliphatic rings. The lowest BCUT2D eigenvalue weighted by molar-refractivity contribution is 0.355. The molecule has 0 atom stereocenters. The summed E-state index contributed by atoms with van der Waals surface area (Å²) >= 11 is 0. The van der Waals surface area contributed by atoms with Crippen molar-refractivity contribution in [3.8, 4) is 11.5 Å². The minimum Gasteiger partial charge on any atom is -0.493 e. The third kappa shape index (κ3) is 5.13. The second kappa shape index (κ2) is 8.98. The Balaban J connectivity index is 1.96. The fraction of sp³-hybridized carbons (Fsp3) is 0.444. The van der Waals surface area contributed by atoms with Gasteiger partial charge >= 0.3 is 0 Å². The van der Waals surface area contributed by atoms with Crippen molar-refractivity contribution in [3.05, 3.63) is 35.5 Å². The fourth-order valence-corrected chi connectivity index (χ4v) is 2.27. The second-order valence-electron chi connectivity index (χ2n) is 5.31. The van der Waals surface area contributed by atoms with E-state index in [2.05, 4.69) is 17.1 Å². The SMILES string of the molecule is CCCCCCc1noc(/C=C/c2ccc(OC)c(OC)c2)n1. The summed E-state index contributed by atoms with van der Waals surface area (Å²) in [4.78, 5) is 4.38. The van der Waals surface area contributed by atoms with Crippen LogP contribution in [0.2, 0.25) is 0 Å². The summed E-state index contributed by atoms with van der Waals surface area (Å²) in [5, 5.41) is 4.01. The Labute approximate surface area is 137 Å². The predicted octanol–water partition coefficient (Wildman–Crippen LogP) is 4.38. The number of aromatic nitrogens is 2. The number of rotatable bonds is 9. The van der Waals surface area contributed by atoms with E-state index in [1.54, 1.807) is 14.2 Å². The van der Waals surface area contributed by atoms with Crippen molar-refractivity contribution in [1.82, 2.24) is 10.1 Å². The first kappa shape index (κ1) is 17.1. The first-order chi connectivity index (χ1) is 11.3. The molecule has 0 radical (unpaired) electrons. The molecular weight excluding hydrogens is 292 g/mol. The summed E-state index contributed by atoms with van der Waals surface area (Å²) in [5.74, 6) is 2.69. The number of ether oxygens (including phenoxy) is 2. The van der Waals surface area contributed by atoms with Crippen LogP contribution in [0.4, 0.5) is 0 Å². The summed E-state index contributed by atoms with van der Waals surface area (Å²) in [6.45, 7) is 2.20. The maximum absolute atomic E-state index is 5.29. The molecule has 5 heteroatoms. The lowest BCUT2D eigenvalue weighted by Crippen LogP contribution is -1.90. The van der Waals surface area contributed by atoms with Crippen LogP contribution in [0.5, 0.6) is 11.5 Å². The Morgan fingerprint density at radius 3 is 2.61 bits per heavy atom. The minimum atomic E-state index is 0.519. The highest BCUT2D eigenvalue weighted by Gasteiger charge is 2.05. The number of methoxy groups -OCH3 is 2. The number of benzene rings is 1. The van der Waals surface area contributed by atoms with Crippen LogP contribution in [0.3, 0.4) is 0 Å². The zero-order valence-electron chi connectivity index (χ0n) is 14.0. The summed E-state index contributed by atoms with van der Waals surface area (Å²) in [6.07, 6.45) is 9.39. The smallest absolute Gasteiger partial charge is 0.250 e. The molecule has 0 spiro atoms. The molecule has 0 bridgehead atoms. The zero-order chi connectivity index (χ0) is 16.5. The van der Waals surface area contributed by atoms with Gasteiger partial charge in [-0.15, -0.1) is 0 Å². The Hall–Kier alpha value is -2.30. The van der Waals surface area contributed by atoms with Crippen LogP contribution >= 0.6 is 0 Å². The molecule has 1 aromatic carbocycles. The van der Waals surface area contributed by atoms with Crippen LogP contribution in [-0.2, 0) is 6.42 Å². The van der Waals surface area contributed by atoms with Crippen molar-refractivity contribution in [3.63, 3.8) is 0 Å². The van der Waals surface area contributed by atoms with E-state index in [1.807, 2.05) is 30.4 Å². The molecule has 23 heavy (non-hydrogen) atoms. The maximum Gasteiger partial charge on any atom is 0.250 e. The Morgan fingerprint density at radius 1 is 1.04 bits per heavy atom. The summed E-state index contributed by atoms with van der Waals surface area (Å²) < 4.78 is 15.8. The van der Waals surface area contributed by atoms with Gasteiger partial charge in [0.15, 0.2) is 17.3 Å². The van der Waals surface area contributed by atoms with Gasteiger partial charge in [0, 0.05) is 12.5 Å². The van der Waals surface area contributed by atoms with Crippen LogP contribution in [-0.4, -0.2) is 24.4 Å². The van der Waals surface area contributed by atoms with Crippen molar-refractivity contribution in [2.45, 2.75) is 39.0 Å². The van der Waals surface area contributed by atoms with Crippen molar-refractivity contribution in [2.75, 3.05) is 14.2 Å². The number of unbranched alkanes of at least 4 members (excludes halogenated alkanes) is 3. The predicted molar refractivity (Wildman–Crippen MR) is 90.6 cm³/mol. The van der Waals surface area contributed by atoms with Gasteiger partial charge in [-0.05, 0) is 30.2 Å². The van der Waals surface area contributed by atoms with Crippen molar-refractivity contribution >= 4 is 12.2 Å². The Morgan fingerprint density at radius 2 is 1.87 bits per heavy atom. The van der Waals surface area contributed by atoms with Crippen LogP contribution in [0.25, 0.3) is 12.2 Å². The summed E-state index contributed by atoms with van der Waals surface area (Å²) in [7, 11) is 3.24. The van der Waals surface area contributed by atoms with E-state index in [0.29, 0.717) is 17.4 Å². The van der Waals surface area contributed by atoms with E-state index < -0.39 is 0 Å². The number of nitrogens with zero attached hydrogens (tertiary/aromatic N) is 2. The van der Waals surface area contributed by atoms with E-state index in [0.717, 1.165) is 24.2 Å². The highest BCUT2D eigenvalue weighted by Crippen LogP contribution is 2.28. The zero-order valence-corrected chi connectivity index (χ0v) is 14.0. The maximum atomic E-state index is 5.29. The molecule has 0 saturated heterocycles. The van der Waals surface area contributed by atoms with Gasteiger partial charge < -0.3 is 14.0 Å². The van der Waals surface area contributed by atoms with Gasteiger partial charge in [-0.3, -0.25) is 0 Å². The topological polar surface area (TPSA) is 57.4 Å². The van der Waals surface area contributed by atoms with Gasteiger partial charge in [-0.1, -0.05) is 37.4 Å². The molecule has 2 rings (SSSR count). The summed E-state index contributed by atoms with van der Waals surface area (Å²) in [6, 6.07) is 5.71. The third-order valence-electron chi connectivity index (χ3n) is 3.56. The van der Waals surface area contributed by atoms with Gasteiger partial charge in [0.25, 0.3) is 5.89 Å². The minimum absolute atomic E-state index is 0.519. The van der Waals surface area contributed by atoms with E-state index >= 15 is 0 Å². The van der Waals surface area contributed by atoms with E-state index in [-0.39, 0.29) is 0 Å². The Kier molecular flexibility index (Phi) is 6.66. The van der Waals surface area contributed by atoms with E-state index in [9.17, 15) is 0 Å². The molecular formula is C18H24N2O3. The molecule has 0 amide bonds. The average Bonchev–Trinajstić information content (AvgIpc) is 3.04. The molecule has 5 nitrogen and oxygen atoms in total. The first-order valence-corrected chi connectivity index (χ1v) is 7.99. The Bertz CT molecular complexity index is 635. The largest absolute Gasteiger partial charge is 0.493 e. The second-order valence-corrected chi connectivity index (χ2v) is 5.31. The number of hydrogen-bond acceptors (Lipinski definition) is 5. The van der Waals surface area contributed by atoms with Crippen LogP contribution < -0.4 is 9.47 Å². The number of aryl methyl sites for hydroxylation is 1. The van der Waals surface area contributed by atoms with E-state index in [1.165, 1.54) is 19.3 Å². The molecule has 0 unspecified atom stereocenters. The highest BCUT2D eigenvalue weighted by atomic mass is 16.5. The van der Waals surface area contributed by atoms with Crippen LogP contribution in [0, 0.1) is 0 Å². The lowest BCUT2D eigenvalue weighted by atomic mass is 10.1.